The van der Waals surface area contributed by atoms with Gasteiger partial charge < -0.3 is 15.0 Å². The predicted molar refractivity (Wildman–Crippen MR) is 111 cm³/mol. The van der Waals surface area contributed by atoms with E-state index in [4.69, 9.17) is 4.74 Å². The number of hydrogen-bond donors (Lipinski definition) is 1. The third kappa shape index (κ3) is 3.50. The molecule has 150 valence electrons. The fourth-order valence-electron chi connectivity index (χ4n) is 4.46. The lowest BCUT2D eigenvalue weighted by atomic mass is 9.97. The van der Waals surface area contributed by atoms with Gasteiger partial charge in [0, 0.05) is 12.1 Å². The van der Waals surface area contributed by atoms with Crippen LogP contribution < -0.4 is 10.2 Å². The minimum Gasteiger partial charge on any atom is -0.454 e. The Morgan fingerprint density at radius 1 is 1.14 bits per heavy atom. The number of ketones is 1. The summed E-state index contributed by atoms with van der Waals surface area (Å²) in [6, 6.07) is 8.90. The molecule has 0 aliphatic carbocycles. The van der Waals surface area contributed by atoms with Crippen LogP contribution in [0.25, 0.3) is 0 Å². The zero-order valence-electron chi connectivity index (χ0n) is 16.9. The summed E-state index contributed by atoms with van der Waals surface area (Å²) in [5.41, 5.74) is 5.28. The summed E-state index contributed by atoms with van der Waals surface area (Å²) in [5, 5.41) is 2.88. The fraction of sp³-hybridized carbons (Fsp3) is 0.348. The summed E-state index contributed by atoms with van der Waals surface area (Å²) in [5.74, 6) is -0.845. The first-order valence-corrected chi connectivity index (χ1v) is 9.85. The Balaban J connectivity index is 1.48. The van der Waals surface area contributed by atoms with Crippen LogP contribution in [-0.2, 0) is 9.53 Å². The maximum absolute atomic E-state index is 12.6. The Hall–Kier alpha value is -3.15. The van der Waals surface area contributed by atoms with Gasteiger partial charge in [-0.05, 0) is 62.9 Å². The van der Waals surface area contributed by atoms with E-state index in [1.54, 1.807) is 12.1 Å². The maximum atomic E-state index is 12.6. The van der Waals surface area contributed by atoms with Gasteiger partial charge in [-0.15, -0.1) is 0 Å². The molecule has 0 radical (unpaired) electrons. The first-order chi connectivity index (χ1) is 13.8. The summed E-state index contributed by atoms with van der Waals surface area (Å²) in [4.78, 5) is 39.4. The number of esters is 1. The number of ether oxygens (including phenoxy) is 1. The van der Waals surface area contributed by atoms with Crippen molar-refractivity contribution >= 4 is 29.0 Å². The van der Waals surface area contributed by atoms with E-state index in [0.29, 0.717) is 16.8 Å². The summed E-state index contributed by atoms with van der Waals surface area (Å²) >= 11 is 0. The lowest BCUT2D eigenvalue weighted by molar-refractivity contribution is -0.117. The standard InChI is InChI=1S/C23H24N2O4/c1-13-9-14(2)21(15(3)10-13)20(26)12-29-23(28)16-6-7-18-17(11-16)24-22(27)19-5-4-8-25(18)19/h6-7,9-11,19H,4-5,8,12H2,1-3H3,(H,24,27)/t19-/m0/s1. The fourth-order valence-corrected chi connectivity index (χ4v) is 4.46. The highest BCUT2D eigenvalue weighted by Crippen LogP contribution is 2.37. The Bertz CT molecular complexity index is 1000. The quantitative estimate of drug-likeness (QED) is 0.636. The molecule has 2 aliphatic heterocycles. The van der Waals surface area contributed by atoms with Gasteiger partial charge >= 0.3 is 5.97 Å². The number of benzene rings is 2. The maximum Gasteiger partial charge on any atom is 0.338 e. The van der Waals surface area contributed by atoms with E-state index in [1.165, 1.54) is 0 Å². The summed E-state index contributed by atoms with van der Waals surface area (Å²) in [7, 11) is 0. The second-order valence-electron chi connectivity index (χ2n) is 7.85. The Morgan fingerprint density at radius 3 is 2.59 bits per heavy atom. The molecular weight excluding hydrogens is 368 g/mol. The van der Waals surface area contributed by atoms with E-state index < -0.39 is 5.97 Å². The second kappa shape index (κ2) is 7.35. The van der Waals surface area contributed by atoms with Gasteiger partial charge in [0.2, 0.25) is 11.7 Å². The first kappa shape index (κ1) is 19.2. The molecule has 2 aromatic carbocycles. The van der Waals surface area contributed by atoms with Gasteiger partial charge in [0.25, 0.3) is 0 Å². The average molecular weight is 392 g/mol. The zero-order valence-corrected chi connectivity index (χ0v) is 16.9. The molecule has 1 atom stereocenters. The topological polar surface area (TPSA) is 75.7 Å². The number of carbonyl (C=O) groups is 3. The van der Waals surface area contributed by atoms with E-state index in [1.807, 2.05) is 39.0 Å². The Kier molecular flexibility index (Phi) is 4.86. The van der Waals surface area contributed by atoms with Crippen molar-refractivity contribution in [1.29, 1.82) is 0 Å². The Morgan fingerprint density at radius 2 is 1.86 bits per heavy atom. The van der Waals surface area contributed by atoms with Gasteiger partial charge in [-0.1, -0.05) is 17.7 Å². The van der Waals surface area contributed by atoms with Crippen LogP contribution in [0, 0.1) is 20.8 Å². The molecule has 1 saturated heterocycles. The molecule has 2 aromatic rings. The molecule has 0 saturated carbocycles. The van der Waals surface area contributed by atoms with Crippen LogP contribution in [0.5, 0.6) is 0 Å². The minimum atomic E-state index is -0.582. The molecule has 6 nitrogen and oxygen atoms in total. The number of hydrogen-bond acceptors (Lipinski definition) is 5. The lowest BCUT2D eigenvalue weighted by Gasteiger charge is -2.33. The van der Waals surface area contributed by atoms with Crippen LogP contribution in [0.2, 0.25) is 0 Å². The van der Waals surface area contributed by atoms with Crippen molar-refractivity contribution in [1.82, 2.24) is 0 Å². The molecule has 6 heteroatoms. The van der Waals surface area contributed by atoms with Crippen molar-refractivity contribution in [3.8, 4) is 0 Å². The molecule has 1 N–H and O–H groups in total. The van der Waals surface area contributed by atoms with Gasteiger partial charge in [-0.25, -0.2) is 4.79 Å². The molecular formula is C23H24N2O4. The highest BCUT2D eigenvalue weighted by atomic mass is 16.5. The number of nitrogens with zero attached hydrogens (tertiary/aromatic N) is 1. The largest absolute Gasteiger partial charge is 0.454 e. The minimum absolute atomic E-state index is 0.0407. The van der Waals surface area contributed by atoms with Crippen LogP contribution in [0.1, 0.15) is 50.2 Å². The van der Waals surface area contributed by atoms with E-state index in [-0.39, 0.29) is 24.3 Å². The van der Waals surface area contributed by atoms with Gasteiger partial charge in [0.05, 0.1) is 16.9 Å². The molecule has 1 fully saturated rings. The third-order valence-electron chi connectivity index (χ3n) is 5.65. The number of rotatable bonds is 4. The summed E-state index contributed by atoms with van der Waals surface area (Å²) in [6.07, 6.45) is 1.82. The average Bonchev–Trinajstić information content (AvgIpc) is 3.15. The van der Waals surface area contributed by atoms with E-state index in [2.05, 4.69) is 10.2 Å². The number of fused-ring (bicyclic) bond motifs is 3. The normalized spacial score (nSPS) is 17.4. The predicted octanol–water partition coefficient (Wildman–Crippen LogP) is 3.57. The summed E-state index contributed by atoms with van der Waals surface area (Å²) < 4.78 is 5.27. The van der Waals surface area contributed by atoms with Gasteiger partial charge in [-0.2, -0.15) is 0 Å². The number of anilines is 2. The molecule has 4 rings (SSSR count). The number of aryl methyl sites for hydroxylation is 3. The lowest BCUT2D eigenvalue weighted by Crippen LogP contribution is -2.43. The van der Waals surface area contributed by atoms with Gasteiger partial charge in [-0.3, -0.25) is 9.59 Å². The van der Waals surface area contributed by atoms with Crippen LogP contribution in [-0.4, -0.2) is 36.9 Å². The van der Waals surface area contributed by atoms with Crippen molar-refractivity contribution < 1.29 is 19.1 Å². The third-order valence-corrected chi connectivity index (χ3v) is 5.65. The highest BCUT2D eigenvalue weighted by molar-refractivity contribution is 6.06. The van der Waals surface area contributed by atoms with Crippen molar-refractivity contribution in [3.63, 3.8) is 0 Å². The number of Topliss-reactive ketones (excluding diaryl/α,β-unsaturated/α-hetero) is 1. The van der Waals surface area contributed by atoms with Crippen LogP contribution in [0.15, 0.2) is 30.3 Å². The second-order valence-corrected chi connectivity index (χ2v) is 7.85. The van der Waals surface area contributed by atoms with Crippen molar-refractivity contribution in [2.24, 2.45) is 0 Å². The van der Waals surface area contributed by atoms with Crippen molar-refractivity contribution in [2.75, 3.05) is 23.4 Å². The number of nitrogens with one attached hydrogen (secondary N) is 1. The van der Waals surface area contributed by atoms with E-state index >= 15 is 0 Å². The van der Waals surface area contributed by atoms with Crippen LogP contribution in [0.3, 0.4) is 0 Å². The molecule has 0 unspecified atom stereocenters. The van der Waals surface area contributed by atoms with Crippen LogP contribution >= 0.6 is 0 Å². The molecule has 2 aliphatic rings. The molecule has 29 heavy (non-hydrogen) atoms. The Labute approximate surface area is 169 Å². The molecule has 0 bridgehead atoms. The van der Waals surface area contributed by atoms with Gasteiger partial charge in [0.1, 0.15) is 6.04 Å². The molecule has 0 aromatic heterocycles. The highest BCUT2D eigenvalue weighted by Gasteiger charge is 2.36. The molecule has 2 heterocycles. The number of carbonyl (C=O) groups excluding carboxylic acids is 3. The molecule has 1 amide bonds. The van der Waals surface area contributed by atoms with E-state index in [9.17, 15) is 14.4 Å². The number of amides is 1. The van der Waals surface area contributed by atoms with Crippen molar-refractivity contribution in [3.05, 3.63) is 58.1 Å². The first-order valence-electron chi connectivity index (χ1n) is 9.85. The van der Waals surface area contributed by atoms with Crippen LogP contribution in [0.4, 0.5) is 11.4 Å². The molecule has 0 spiro atoms. The van der Waals surface area contributed by atoms with Crippen molar-refractivity contribution in [2.45, 2.75) is 39.7 Å². The monoisotopic (exact) mass is 392 g/mol. The van der Waals surface area contributed by atoms with E-state index in [0.717, 1.165) is 41.8 Å². The van der Waals surface area contributed by atoms with Gasteiger partial charge in [0.15, 0.2) is 6.61 Å². The smallest absolute Gasteiger partial charge is 0.338 e. The SMILES string of the molecule is Cc1cc(C)c(C(=O)COC(=O)c2ccc3c(c2)NC(=O)[C@@H]2CCCN32)c(C)c1. The summed E-state index contributed by atoms with van der Waals surface area (Å²) in [6.45, 7) is 6.26. The zero-order chi connectivity index (χ0) is 20.7.